The van der Waals surface area contributed by atoms with Gasteiger partial charge in [0.2, 0.25) is 0 Å². The van der Waals surface area contributed by atoms with Gasteiger partial charge >= 0.3 is 0 Å². The average Bonchev–Trinajstić information content (AvgIpc) is 2.46. The van der Waals surface area contributed by atoms with Gasteiger partial charge in [-0.2, -0.15) is 11.8 Å². The van der Waals surface area contributed by atoms with Crippen LogP contribution in [0.4, 0.5) is 0 Å². The van der Waals surface area contributed by atoms with Gasteiger partial charge in [-0.05, 0) is 57.2 Å². The number of thioether (sulfide) groups is 1. The molecular weight excluding hydrogens is 264 g/mol. The van der Waals surface area contributed by atoms with Gasteiger partial charge in [0.1, 0.15) is 0 Å². The summed E-state index contributed by atoms with van der Waals surface area (Å²) >= 11 is 1.94. The van der Waals surface area contributed by atoms with Crippen molar-refractivity contribution in [3.05, 3.63) is 0 Å². The summed E-state index contributed by atoms with van der Waals surface area (Å²) in [4.78, 5) is 2.58. The van der Waals surface area contributed by atoms with E-state index in [9.17, 15) is 0 Å². The molecule has 1 aliphatic carbocycles. The van der Waals surface area contributed by atoms with Crippen molar-refractivity contribution in [2.45, 2.75) is 71.4 Å². The third-order valence-electron chi connectivity index (χ3n) is 6.13. The Labute approximate surface area is 131 Å². The Hall–Kier alpha value is 0.270. The van der Waals surface area contributed by atoms with Crippen LogP contribution < -0.4 is 5.73 Å². The van der Waals surface area contributed by atoms with Crippen molar-refractivity contribution in [3.8, 4) is 0 Å². The molecule has 0 heterocycles. The highest BCUT2D eigenvalue weighted by atomic mass is 32.2. The number of rotatable bonds is 7. The van der Waals surface area contributed by atoms with Crippen LogP contribution in [0.3, 0.4) is 0 Å². The Balaban J connectivity index is 2.71. The predicted molar refractivity (Wildman–Crippen MR) is 93.4 cm³/mol. The lowest BCUT2D eigenvalue weighted by Crippen LogP contribution is -2.58. The molecule has 0 saturated heterocycles. The zero-order valence-electron chi connectivity index (χ0n) is 14.5. The second-order valence-electron chi connectivity index (χ2n) is 7.46. The van der Waals surface area contributed by atoms with Gasteiger partial charge in [-0.15, -0.1) is 0 Å². The highest BCUT2D eigenvalue weighted by molar-refractivity contribution is 7.98. The summed E-state index contributed by atoms with van der Waals surface area (Å²) < 4.78 is 0. The maximum absolute atomic E-state index is 6.21. The first-order valence-corrected chi connectivity index (χ1v) is 9.64. The normalized spacial score (nSPS) is 29.7. The van der Waals surface area contributed by atoms with Crippen molar-refractivity contribution < 1.29 is 0 Å². The average molecular weight is 301 g/mol. The van der Waals surface area contributed by atoms with E-state index in [4.69, 9.17) is 5.73 Å². The number of hydrogen-bond acceptors (Lipinski definition) is 3. The predicted octanol–water partition coefficient (Wildman–Crippen LogP) is 3.99. The van der Waals surface area contributed by atoms with Crippen molar-refractivity contribution in [1.29, 1.82) is 0 Å². The van der Waals surface area contributed by atoms with Crippen LogP contribution in [0.15, 0.2) is 0 Å². The molecule has 0 aromatic heterocycles. The van der Waals surface area contributed by atoms with E-state index in [1.165, 1.54) is 37.9 Å². The standard InChI is InChI=1S/C17H36N2S/c1-7-16(3,4)15-8-10-17(13-18,11-9-15)19(5)14(2)12-20-6/h14-15H,7-13,18H2,1-6H3. The van der Waals surface area contributed by atoms with E-state index >= 15 is 0 Å². The minimum absolute atomic E-state index is 0.246. The van der Waals surface area contributed by atoms with Gasteiger partial charge in [-0.25, -0.2) is 0 Å². The van der Waals surface area contributed by atoms with Gasteiger partial charge in [0, 0.05) is 23.9 Å². The zero-order chi connectivity index (χ0) is 15.4. The molecule has 0 amide bonds. The summed E-state index contributed by atoms with van der Waals surface area (Å²) in [7, 11) is 2.29. The second kappa shape index (κ2) is 7.51. The third kappa shape index (κ3) is 3.92. The first-order chi connectivity index (χ1) is 9.33. The lowest BCUT2D eigenvalue weighted by molar-refractivity contribution is 0.0167. The molecule has 1 fully saturated rings. The van der Waals surface area contributed by atoms with Crippen molar-refractivity contribution in [3.63, 3.8) is 0 Å². The van der Waals surface area contributed by atoms with Crippen LogP contribution in [0, 0.1) is 11.3 Å². The summed E-state index contributed by atoms with van der Waals surface area (Å²) in [5, 5.41) is 0. The SMILES string of the molecule is CCC(C)(C)C1CCC(CN)(N(C)C(C)CSC)CC1. The van der Waals surface area contributed by atoms with Gasteiger partial charge < -0.3 is 5.73 Å². The molecule has 2 nitrogen and oxygen atoms in total. The van der Waals surface area contributed by atoms with E-state index in [0.29, 0.717) is 11.5 Å². The van der Waals surface area contributed by atoms with Crippen LogP contribution in [-0.2, 0) is 0 Å². The zero-order valence-corrected chi connectivity index (χ0v) is 15.4. The fourth-order valence-corrected chi connectivity index (χ4v) is 4.45. The van der Waals surface area contributed by atoms with E-state index in [1.807, 2.05) is 11.8 Å². The van der Waals surface area contributed by atoms with Crippen LogP contribution in [0.2, 0.25) is 0 Å². The number of nitrogens with zero attached hydrogens (tertiary/aromatic N) is 1. The summed E-state index contributed by atoms with van der Waals surface area (Å²) in [6.07, 6.45) is 8.70. The maximum atomic E-state index is 6.21. The minimum atomic E-state index is 0.246. The molecular formula is C17H36N2S. The van der Waals surface area contributed by atoms with E-state index in [2.05, 4.69) is 45.9 Å². The van der Waals surface area contributed by atoms with Gasteiger partial charge in [-0.3, -0.25) is 4.90 Å². The monoisotopic (exact) mass is 300 g/mol. The largest absolute Gasteiger partial charge is 0.329 e. The molecule has 1 atom stereocenters. The molecule has 0 aromatic rings. The Morgan fingerprint density at radius 1 is 1.35 bits per heavy atom. The van der Waals surface area contributed by atoms with Crippen LogP contribution in [-0.4, -0.2) is 42.1 Å². The van der Waals surface area contributed by atoms with E-state index in [1.54, 1.807) is 0 Å². The van der Waals surface area contributed by atoms with Crippen molar-refractivity contribution >= 4 is 11.8 Å². The molecule has 0 aromatic carbocycles. The lowest BCUT2D eigenvalue weighted by Gasteiger charge is -2.50. The summed E-state index contributed by atoms with van der Waals surface area (Å²) in [6, 6.07) is 0.615. The van der Waals surface area contributed by atoms with E-state index < -0.39 is 0 Å². The Kier molecular flexibility index (Phi) is 6.88. The fourth-order valence-electron chi connectivity index (χ4n) is 3.75. The molecule has 20 heavy (non-hydrogen) atoms. The molecule has 1 rings (SSSR count). The summed E-state index contributed by atoms with van der Waals surface area (Å²) in [5.41, 5.74) is 6.95. The number of nitrogens with two attached hydrogens (primary N) is 1. The highest BCUT2D eigenvalue weighted by Crippen LogP contribution is 2.45. The molecule has 2 N–H and O–H groups in total. The topological polar surface area (TPSA) is 29.3 Å². The van der Waals surface area contributed by atoms with E-state index in [-0.39, 0.29) is 5.54 Å². The number of likely N-dealkylation sites (N-methyl/N-ethyl adjacent to an activating group) is 1. The molecule has 0 spiro atoms. The van der Waals surface area contributed by atoms with Crippen molar-refractivity contribution in [2.75, 3.05) is 25.6 Å². The molecule has 120 valence electrons. The van der Waals surface area contributed by atoms with Crippen LogP contribution >= 0.6 is 11.8 Å². The van der Waals surface area contributed by atoms with Gasteiger partial charge in [0.05, 0.1) is 0 Å². The van der Waals surface area contributed by atoms with Crippen LogP contribution in [0.5, 0.6) is 0 Å². The molecule has 0 radical (unpaired) electrons. The third-order valence-corrected chi connectivity index (χ3v) is 6.95. The molecule has 1 aliphatic rings. The molecule has 0 bridgehead atoms. The number of hydrogen-bond donors (Lipinski definition) is 1. The first kappa shape index (κ1) is 18.3. The second-order valence-corrected chi connectivity index (χ2v) is 8.37. The molecule has 1 saturated carbocycles. The van der Waals surface area contributed by atoms with Crippen LogP contribution in [0.1, 0.15) is 59.8 Å². The maximum Gasteiger partial charge on any atom is 0.0332 e. The molecule has 0 aliphatic heterocycles. The molecule has 3 heteroatoms. The quantitative estimate of drug-likeness (QED) is 0.771. The summed E-state index contributed by atoms with van der Waals surface area (Å²) in [5.74, 6) is 2.07. The van der Waals surface area contributed by atoms with Gasteiger partial charge in [-0.1, -0.05) is 27.2 Å². The van der Waals surface area contributed by atoms with Gasteiger partial charge in [0.25, 0.3) is 0 Å². The highest BCUT2D eigenvalue weighted by Gasteiger charge is 2.42. The smallest absolute Gasteiger partial charge is 0.0332 e. The Bertz CT molecular complexity index is 283. The lowest BCUT2D eigenvalue weighted by atomic mass is 9.65. The first-order valence-electron chi connectivity index (χ1n) is 8.25. The summed E-state index contributed by atoms with van der Waals surface area (Å²) in [6.45, 7) is 10.4. The van der Waals surface area contributed by atoms with Crippen LogP contribution in [0.25, 0.3) is 0 Å². The minimum Gasteiger partial charge on any atom is -0.329 e. The Morgan fingerprint density at radius 3 is 2.30 bits per heavy atom. The van der Waals surface area contributed by atoms with E-state index in [0.717, 1.165) is 12.5 Å². The Morgan fingerprint density at radius 2 is 1.90 bits per heavy atom. The van der Waals surface area contributed by atoms with Crippen molar-refractivity contribution in [2.24, 2.45) is 17.1 Å². The molecule has 1 unspecified atom stereocenters. The van der Waals surface area contributed by atoms with Gasteiger partial charge in [0.15, 0.2) is 0 Å². The van der Waals surface area contributed by atoms with Crippen molar-refractivity contribution in [1.82, 2.24) is 4.90 Å². The fraction of sp³-hybridized carbons (Fsp3) is 1.00.